The number of non-ortho nitro benzene ring substituents is 1. The van der Waals surface area contributed by atoms with Gasteiger partial charge < -0.3 is 14.7 Å². The summed E-state index contributed by atoms with van der Waals surface area (Å²) in [6, 6.07) is 9.93. The molecule has 0 aliphatic carbocycles. The Kier molecular flexibility index (Phi) is 7.17. The Bertz CT molecular complexity index is 960. The minimum absolute atomic E-state index is 0.00807. The van der Waals surface area contributed by atoms with Crippen LogP contribution in [-0.2, 0) is 10.0 Å². The van der Waals surface area contributed by atoms with Crippen LogP contribution in [0.3, 0.4) is 0 Å². The summed E-state index contributed by atoms with van der Waals surface area (Å²) < 4.78 is 33.0. The van der Waals surface area contributed by atoms with Crippen molar-refractivity contribution in [1.29, 1.82) is 0 Å². The third-order valence-corrected chi connectivity index (χ3v) is 6.00. The monoisotopic (exact) mass is 423 g/mol. The topological polar surface area (TPSA) is 113 Å². The van der Waals surface area contributed by atoms with Crippen molar-refractivity contribution >= 4 is 21.4 Å². The molecule has 2 aromatic carbocycles. The van der Waals surface area contributed by atoms with Gasteiger partial charge in [0.25, 0.3) is 15.7 Å². The van der Waals surface area contributed by atoms with Crippen molar-refractivity contribution in [3.05, 3.63) is 58.1 Å². The van der Waals surface area contributed by atoms with Gasteiger partial charge in [0, 0.05) is 18.7 Å². The predicted octanol–water partition coefficient (Wildman–Crippen LogP) is 2.03. The molecular formula is C19H25N3O6S. The van der Waals surface area contributed by atoms with Crippen molar-refractivity contribution in [3.63, 3.8) is 0 Å². The van der Waals surface area contributed by atoms with Gasteiger partial charge in [-0.05, 0) is 39.2 Å². The number of anilines is 1. The van der Waals surface area contributed by atoms with E-state index < -0.39 is 21.1 Å². The van der Waals surface area contributed by atoms with Crippen molar-refractivity contribution in [3.8, 4) is 5.75 Å². The third kappa shape index (κ3) is 5.43. The standard InChI is InChI=1S/C19H25N3O6S/c1-14-5-8-17(9-6-14)29(26,27)21(13-16(23)12-20(2)3)18-11-15(22(24)25)7-10-19(18)28-4/h5-11,16,23H,12-13H2,1-4H3/t16-/m0/s1. The molecule has 0 amide bonds. The van der Waals surface area contributed by atoms with Gasteiger partial charge in [-0.25, -0.2) is 8.42 Å². The molecule has 0 fully saturated rings. The number of nitrogens with zero attached hydrogens (tertiary/aromatic N) is 3. The number of nitro benzene ring substituents is 1. The third-order valence-electron chi connectivity index (χ3n) is 4.20. The minimum atomic E-state index is -4.12. The first-order valence-electron chi connectivity index (χ1n) is 8.81. The molecule has 158 valence electrons. The average molecular weight is 423 g/mol. The van der Waals surface area contributed by atoms with Gasteiger partial charge in [-0.15, -0.1) is 0 Å². The molecule has 0 saturated heterocycles. The number of hydrogen-bond acceptors (Lipinski definition) is 7. The Hall–Kier alpha value is -2.69. The summed E-state index contributed by atoms with van der Waals surface area (Å²) >= 11 is 0. The second kappa shape index (κ2) is 9.21. The quantitative estimate of drug-likeness (QED) is 0.485. The van der Waals surface area contributed by atoms with Crippen LogP contribution < -0.4 is 9.04 Å². The largest absolute Gasteiger partial charge is 0.495 e. The van der Waals surface area contributed by atoms with Gasteiger partial charge in [-0.1, -0.05) is 17.7 Å². The number of methoxy groups -OCH3 is 1. The Labute approximate surface area is 170 Å². The summed E-state index contributed by atoms with van der Waals surface area (Å²) in [5, 5.41) is 21.7. The number of sulfonamides is 1. The van der Waals surface area contributed by atoms with Gasteiger partial charge in [0.15, 0.2) is 0 Å². The lowest BCUT2D eigenvalue weighted by Crippen LogP contribution is -2.41. The molecule has 0 heterocycles. The second-order valence-corrected chi connectivity index (χ2v) is 8.74. The zero-order chi connectivity index (χ0) is 21.8. The van der Waals surface area contributed by atoms with E-state index in [2.05, 4.69) is 0 Å². The van der Waals surface area contributed by atoms with E-state index in [0.29, 0.717) is 0 Å². The molecule has 0 unspecified atom stereocenters. The van der Waals surface area contributed by atoms with E-state index in [0.717, 1.165) is 15.9 Å². The zero-order valence-corrected chi connectivity index (χ0v) is 17.6. The lowest BCUT2D eigenvalue weighted by molar-refractivity contribution is -0.384. The summed E-state index contributed by atoms with van der Waals surface area (Å²) in [5.74, 6) is 0.142. The van der Waals surface area contributed by atoms with E-state index in [1.54, 1.807) is 31.1 Å². The van der Waals surface area contributed by atoms with Crippen LogP contribution >= 0.6 is 0 Å². The van der Waals surface area contributed by atoms with E-state index in [1.165, 1.54) is 31.4 Å². The Morgan fingerprint density at radius 3 is 2.28 bits per heavy atom. The smallest absolute Gasteiger partial charge is 0.271 e. The van der Waals surface area contributed by atoms with Gasteiger partial charge in [0.1, 0.15) is 11.4 Å². The van der Waals surface area contributed by atoms with Gasteiger partial charge in [0.05, 0.1) is 29.6 Å². The highest BCUT2D eigenvalue weighted by atomic mass is 32.2. The highest BCUT2D eigenvalue weighted by Crippen LogP contribution is 2.35. The van der Waals surface area contributed by atoms with Gasteiger partial charge in [0.2, 0.25) is 0 Å². The Morgan fingerprint density at radius 2 is 1.76 bits per heavy atom. The maximum atomic E-state index is 13.4. The minimum Gasteiger partial charge on any atom is -0.495 e. The number of benzene rings is 2. The van der Waals surface area contributed by atoms with Crippen molar-refractivity contribution in [2.45, 2.75) is 17.9 Å². The van der Waals surface area contributed by atoms with Crippen molar-refractivity contribution in [2.75, 3.05) is 38.6 Å². The van der Waals surface area contributed by atoms with E-state index in [-0.39, 0.29) is 35.1 Å². The summed E-state index contributed by atoms with van der Waals surface area (Å²) in [5.41, 5.74) is 0.586. The van der Waals surface area contributed by atoms with Gasteiger partial charge in [-0.2, -0.15) is 0 Å². The van der Waals surface area contributed by atoms with Crippen LogP contribution in [0.2, 0.25) is 0 Å². The normalized spacial score (nSPS) is 12.6. The fourth-order valence-electron chi connectivity index (χ4n) is 2.82. The molecule has 0 aliphatic rings. The van der Waals surface area contributed by atoms with Crippen LogP contribution in [0.4, 0.5) is 11.4 Å². The fraction of sp³-hybridized carbons (Fsp3) is 0.368. The number of hydrogen-bond donors (Lipinski definition) is 1. The highest BCUT2D eigenvalue weighted by molar-refractivity contribution is 7.92. The molecule has 0 spiro atoms. The van der Waals surface area contributed by atoms with Crippen molar-refractivity contribution in [1.82, 2.24) is 4.90 Å². The van der Waals surface area contributed by atoms with Crippen LogP contribution in [-0.4, -0.2) is 63.7 Å². The number of aryl methyl sites for hydroxylation is 1. The van der Waals surface area contributed by atoms with Crippen molar-refractivity contribution in [2.24, 2.45) is 0 Å². The maximum Gasteiger partial charge on any atom is 0.271 e. The van der Waals surface area contributed by atoms with Crippen LogP contribution in [0, 0.1) is 17.0 Å². The second-order valence-electron chi connectivity index (χ2n) is 6.88. The first-order valence-corrected chi connectivity index (χ1v) is 10.2. The van der Waals surface area contributed by atoms with Crippen LogP contribution in [0.5, 0.6) is 5.75 Å². The van der Waals surface area contributed by atoms with Gasteiger partial charge >= 0.3 is 0 Å². The van der Waals surface area contributed by atoms with Crippen LogP contribution in [0.25, 0.3) is 0 Å². The zero-order valence-electron chi connectivity index (χ0n) is 16.8. The van der Waals surface area contributed by atoms with E-state index in [9.17, 15) is 23.6 Å². The summed E-state index contributed by atoms with van der Waals surface area (Å²) in [7, 11) is 0.712. The maximum absolute atomic E-state index is 13.4. The molecule has 2 rings (SSSR count). The molecule has 9 nitrogen and oxygen atoms in total. The molecule has 29 heavy (non-hydrogen) atoms. The summed E-state index contributed by atoms with van der Waals surface area (Å²) in [6.07, 6.45) is -1.03. The number of likely N-dealkylation sites (N-methyl/N-ethyl adjacent to an activating group) is 1. The number of aliphatic hydroxyl groups is 1. The van der Waals surface area contributed by atoms with Crippen LogP contribution in [0.1, 0.15) is 5.56 Å². The molecule has 10 heteroatoms. The number of ether oxygens (including phenoxy) is 1. The van der Waals surface area contributed by atoms with Crippen molar-refractivity contribution < 1.29 is 23.2 Å². The number of rotatable bonds is 9. The highest BCUT2D eigenvalue weighted by Gasteiger charge is 2.31. The van der Waals surface area contributed by atoms with Crippen LogP contribution in [0.15, 0.2) is 47.4 Å². The van der Waals surface area contributed by atoms with E-state index in [1.807, 2.05) is 6.92 Å². The Morgan fingerprint density at radius 1 is 1.14 bits per heavy atom. The lowest BCUT2D eigenvalue weighted by Gasteiger charge is -2.29. The molecule has 1 atom stereocenters. The number of aliphatic hydroxyl groups excluding tert-OH is 1. The molecule has 0 bridgehead atoms. The molecular weight excluding hydrogens is 398 g/mol. The molecule has 0 radical (unpaired) electrons. The lowest BCUT2D eigenvalue weighted by atomic mass is 10.2. The first kappa shape index (κ1) is 22.6. The summed E-state index contributed by atoms with van der Waals surface area (Å²) in [6.45, 7) is 1.74. The Balaban J connectivity index is 2.63. The van der Waals surface area contributed by atoms with E-state index in [4.69, 9.17) is 4.74 Å². The molecule has 0 aliphatic heterocycles. The number of nitro groups is 1. The molecule has 0 aromatic heterocycles. The average Bonchev–Trinajstić information content (AvgIpc) is 2.65. The predicted molar refractivity (Wildman–Crippen MR) is 110 cm³/mol. The fourth-order valence-corrected chi connectivity index (χ4v) is 4.33. The molecule has 2 aromatic rings. The SMILES string of the molecule is COc1ccc([N+](=O)[O-])cc1N(C[C@@H](O)CN(C)C)S(=O)(=O)c1ccc(C)cc1. The molecule has 0 saturated carbocycles. The molecule has 1 N–H and O–H groups in total. The van der Waals surface area contributed by atoms with Gasteiger partial charge in [-0.3, -0.25) is 14.4 Å². The van der Waals surface area contributed by atoms with E-state index >= 15 is 0 Å². The first-order chi connectivity index (χ1) is 13.6. The summed E-state index contributed by atoms with van der Waals surface area (Å²) in [4.78, 5) is 12.3.